The van der Waals surface area contributed by atoms with E-state index in [4.69, 9.17) is 4.98 Å². The second-order valence-corrected chi connectivity index (χ2v) is 9.27. The predicted octanol–water partition coefficient (Wildman–Crippen LogP) is 5.28. The van der Waals surface area contributed by atoms with E-state index in [9.17, 15) is 14.0 Å². The van der Waals surface area contributed by atoms with Crippen LogP contribution in [-0.4, -0.2) is 15.6 Å². The molecule has 0 fully saturated rings. The number of urea groups is 1. The third kappa shape index (κ3) is 3.93. The summed E-state index contributed by atoms with van der Waals surface area (Å²) < 4.78 is 16.3. The van der Waals surface area contributed by atoms with E-state index in [2.05, 4.69) is 33.5 Å². The zero-order valence-corrected chi connectivity index (χ0v) is 18.4. The number of carbonyl (C=O) groups is 1. The number of anilines is 2. The van der Waals surface area contributed by atoms with Gasteiger partial charge in [0.1, 0.15) is 21.5 Å². The smallest absolute Gasteiger partial charge is 0.305 e. The number of benzene rings is 1. The Labute approximate surface area is 179 Å². The highest BCUT2D eigenvalue weighted by Gasteiger charge is 2.21. The van der Waals surface area contributed by atoms with Crippen LogP contribution in [0.5, 0.6) is 0 Å². The Morgan fingerprint density at radius 2 is 2.14 bits per heavy atom. The van der Waals surface area contributed by atoms with Gasteiger partial charge in [-0.1, -0.05) is 34.2 Å². The molecule has 0 radical (unpaired) electrons. The summed E-state index contributed by atoms with van der Waals surface area (Å²) >= 11 is 4.45. The third-order valence-electron chi connectivity index (χ3n) is 5.24. The van der Waals surface area contributed by atoms with E-state index >= 15 is 0 Å². The first-order valence-corrected chi connectivity index (χ1v) is 11.0. The van der Waals surface area contributed by atoms with Crippen molar-refractivity contribution >= 4 is 54.2 Å². The van der Waals surface area contributed by atoms with Gasteiger partial charge in [-0.05, 0) is 49.4 Å². The molecular formula is C20H20BrFN4O2S. The minimum absolute atomic E-state index is 0.0553. The number of fused-ring (bicyclic) bond motifs is 2. The van der Waals surface area contributed by atoms with Crippen molar-refractivity contribution < 1.29 is 9.18 Å². The minimum atomic E-state index is -0.573. The van der Waals surface area contributed by atoms with Crippen LogP contribution < -0.4 is 16.2 Å². The summed E-state index contributed by atoms with van der Waals surface area (Å²) in [5.74, 6) is 0.830. The second-order valence-electron chi connectivity index (χ2n) is 7.36. The Balaban J connectivity index is 1.63. The van der Waals surface area contributed by atoms with Gasteiger partial charge in [0, 0.05) is 17.4 Å². The van der Waals surface area contributed by atoms with Crippen molar-refractivity contribution in [2.75, 3.05) is 10.6 Å². The molecule has 0 saturated carbocycles. The second kappa shape index (κ2) is 7.87. The summed E-state index contributed by atoms with van der Waals surface area (Å²) in [6, 6.07) is 3.82. The van der Waals surface area contributed by atoms with Crippen LogP contribution in [0, 0.1) is 18.7 Å². The van der Waals surface area contributed by atoms with Gasteiger partial charge < -0.3 is 5.32 Å². The standard InChI is InChI=1S/C20H20BrFN4O2S/c1-10-3-6-15-24-18-16(19(27)26(15)8-7-10)11(2)17(29-18)25-20(28)23-14-5-4-12(21)9-13(14)22/h4-5,9-10H,3,6-8H2,1-2H3,(H2,23,25,28)/t10-/m0/s1. The zero-order chi connectivity index (χ0) is 20.7. The van der Waals surface area contributed by atoms with Gasteiger partial charge in [0.2, 0.25) is 0 Å². The van der Waals surface area contributed by atoms with Crippen molar-refractivity contribution in [3.63, 3.8) is 0 Å². The number of nitrogens with one attached hydrogen (secondary N) is 2. The highest BCUT2D eigenvalue weighted by atomic mass is 79.9. The number of carbonyl (C=O) groups excluding carboxylic acids is 1. The summed E-state index contributed by atoms with van der Waals surface area (Å²) in [6.07, 6.45) is 2.74. The summed E-state index contributed by atoms with van der Waals surface area (Å²) in [6.45, 7) is 4.66. The van der Waals surface area contributed by atoms with E-state index in [1.165, 1.54) is 23.5 Å². The van der Waals surface area contributed by atoms with Crippen LogP contribution in [-0.2, 0) is 13.0 Å². The maximum absolute atomic E-state index is 14.0. The molecule has 6 nitrogen and oxygen atoms in total. The molecule has 1 aliphatic heterocycles. The minimum Gasteiger partial charge on any atom is -0.305 e. The zero-order valence-electron chi connectivity index (χ0n) is 16.0. The van der Waals surface area contributed by atoms with Crippen LogP contribution >= 0.6 is 27.3 Å². The molecule has 9 heteroatoms. The number of halogens is 2. The predicted molar refractivity (Wildman–Crippen MR) is 117 cm³/mol. The third-order valence-corrected chi connectivity index (χ3v) is 6.84. The van der Waals surface area contributed by atoms with Gasteiger partial charge in [0.15, 0.2) is 0 Å². The molecule has 4 rings (SSSR count). The highest BCUT2D eigenvalue weighted by Crippen LogP contribution is 2.33. The van der Waals surface area contributed by atoms with Gasteiger partial charge in [-0.15, -0.1) is 0 Å². The molecular weight excluding hydrogens is 459 g/mol. The number of thiophene rings is 1. The average Bonchev–Trinajstić information content (AvgIpc) is 2.84. The Morgan fingerprint density at radius 3 is 2.90 bits per heavy atom. The molecule has 0 aliphatic carbocycles. The lowest BCUT2D eigenvalue weighted by Crippen LogP contribution is -2.24. The van der Waals surface area contributed by atoms with Crippen molar-refractivity contribution in [1.29, 1.82) is 0 Å². The lowest BCUT2D eigenvalue weighted by Gasteiger charge is -2.08. The van der Waals surface area contributed by atoms with Crippen molar-refractivity contribution in [3.05, 3.63) is 50.2 Å². The monoisotopic (exact) mass is 478 g/mol. The Kier molecular flexibility index (Phi) is 5.44. The van der Waals surface area contributed by atoms with E-state index in [1.54, 1.807) is 17.6 Å². The van der Waals surface area contributed by atoms with Gasteiger partial charge in [-0.2, -0.15) is 0 Å². The number of hydrogen-bond acceptors (Lipinski definition) is 4. The molecule has 0 unspecified atom stereocenters. The van der Waals surface area contributed by atoms with E-state index < -0.39 is 11.8 Å². The molecule has 0 spiro atoms. The molecule has 1 aromatic carbocycles. The molecule has 152 valence electrons. The number of aromatic nitrogens is 2. The first-order chi connectivity index (χ1) is 13.8. The highest BCUT2D eigenvalue weighted by molar-refractivity contribution is 9.10. The Morgan fingerprint density at radius 1 is 1.34 bits per heavy atom. The molecule has 1 atom stereocenters. The number of nitrogens with zero attached hydrogens (tertiary/aromatic N) is 2. The van der Waals surface area contributed by atoms with Crippen LogP contribution in [0.1, 0.15) is 31.2 Å². The van der Waals surface area contributed by atoms with Crippen molar-refractivity contribution in [2.24, 2.45) is 5.92 Å². The van der Waals surface area contributed by atoms with Crippen molar-refractivity contribution in [1.82, 2.24) is 9.55 Å². The first kappa shape index (κ1) is 20.0. The fourth-order valence-corrected chi connectivity index (χ4v) is 4.93. The molecule has 1 aliphatic rings. The molecule has 0 bridgehead atoms. The van der Waals surface area contributed by atoms with Gasteiger partial charge >= 0.3 is 6.03 Å². The van der Waals surface area contributed by atoms with Gasteiger partial charge in [-0.3, -0.25) is 14.7 Å². The lowest BCUT2D eigenvalue weighted by atomic mass is 10.0. The molecule has 0 saturated heterocycles. The largest absolute Gasteiger partial charge is 0.324 e. The van der Waals surface area contributed by atoms with Crippen LogP contribution in [0.3, 0.4) is 0 Å². The Hall–Kier alpha value is -2.26. The molecule has 3 aromatic rings. The van der Waals surface area contributed by atoms with Crippen LogP contribution in [0.25, 0.3) is 10.2 Å². The number of amides is 2. The molecule has 2 N–H and O–H groups in total. The van der Waals surface area contributed by atoms with E-state index in [-0.39, 0.29) is 11.2 Å². The number of rotatable bonds is 2. The average molecular weight is 479 g/mol. The van der Waals surface area contributed by atoms with E-state index in [0.717, 1.165) is 25.1 Å². The SMILES string of the molecule is Cc1c(NC(=O)Nc2ccc(Br)cc2F)sc2nc3n(c(=O)c12)CC[C@@H](C)CC3. The fraction of sp³-hybridized carbons (Fsp3) is 0.350. The summed E-state index contributed by atoms with van der Waals surface area (Å²) in [5.41, 5.74) is 0.699. The van der Waals surface area contributed by atoms with Gasteiger partial charge in [-0.25, -0.2) is 14.2 Å². The molecule has 2 amide bonds. The van der Waals surface area contributed by atoms with Gasteiger partial charge in [0.25, 0.3) is 5.56 Å². The summed E-state index contributed by atoms with van der Waals surface area (Å²) in [4.78, 5) is 30.8. The molecule has 2 aromatic heterocycles. The first-order valence-electron chi connectivity index (χ1n) is 9.39. The van der Waals surface area contributed by atoms with Crippen molar-refractivity contribution in [3.8, 4) is 0 Å². The fourth-order valence-electron chi connectivity index (χ4n) is 3.52. The molecule has 3 heterocycles. The summed E-state index contributed by atoms with van der Waals surface area (Å²) in [7, 11) is 0. The van der Waals surface area contributed by atoms with Crippen molar-refractivity contribution in [2.45, 2.75) is 39.7 Å². The lowest BCUT2D eigenvalue weighted by molar-refractivity contribution is 0.262. The quantitative estimate of drug-likeness (QED) is 0.525. The molecule has 29 heavy (non-hydrogen) atoms. The van der Waals surface area contributed by atoms with Crippen LogP contribution in [0.4, 0.5) is 19.9 Å². The van der Waals surface area contributed by atoms with E-state index in [1.807, 2.05) is 0 Å². The normalized spacial score (nSPS) is 16.3. The van der Waals surface area contributed by atoms with E-state index in [0.29, 0.717) is 37.7 Å². The maximum Gasteiger partial charge on any atom is 0.324 e. The Bertz CT molecular complexity index is 1170. The van der Waals surface area contributed by atoms with Crippen LogP contribution in [0.15, 0.2) is 27.5 Å². The number of aryl methyl sites for hydroxylation is 2. The van der Waals surface area contributed by atoms with Crippen LogP contribution in [0.2, 0.25) is 0 Å². The maximum atomic E-state index is 14.0. The summed E-state index contributed by atoms with van der Waals surface area (Å²) in [5, 5.41) is 6.30. The number of hydrogen-bond donors (Lipinski definition) is 2. The topological polar surface area (TPSA) is 76.0 Å². The van der Waals surface area contributed by atoms with Gasteiger partial charge in [0.05, 0.1) is 11.1 Å².